The number of esters is 1. The van der Waals surface area contributed by atoms with Crippen LogP contribution in [-0.2, 0) is 29.6 Å². The lowest BCUT2D eigenvalue weighted by atomic mass is 9.95. The average molecular weight is 487 g/mol. The van der Waals surface area contributed by atoms with Crippen LogP contribution in [0.5, 0.6) is 0 Å². The van der Waals surface area contributed by atoms with Gasteiger partial charge in [0.25, 0.3) is 0 Å². The topological polar surface area (TPSA) is 110 Å². The molecule has 2 aliphatic rings. The number of benzene rings is 1. The van der Waals surface area contributed by atoms with Crippen LogP contribution in [0.25, 0.3) is 0 Å². The fraction of sp³-hybridized carbons (Fsp3) is 0.682. The van der Waals surface area contributed by atoms with Gasteiger partial charge < -0.3 is 4.74 Å². The molecule has 0 spiro atoms. The Balaban J connectivity index is 1.81. The highest BCUT2D eigenvalue weighted by Crippen LogP contribution is 2.28. The van der Waals surface area contributed by atoms with Crippen LogP contribution in [0.3, 0.4) is 0 Å². The van der Waals surface area contributed by atoms with Crippen molar-refractivity contribution in [1.29, 1.82) is 0 Å². The Bertz CT molecular complexity index is 964. The van der Waals surface area contributed by atoms with E-state index in [2.05, 4.69) is 4.72 Å². The van der Waals surface area contributed by atoms with Gasteiger partial charge in [0.05, 0.1) is 16.4 Å². The van der Waals surface area contributed by atoms with Crippen LogP contribution in [0.4, 0.5) is 0 Å². The Labute approximate surface area is 191 Å². The molecule has 0 atom stereocenters. The summed E-state index contributed by atoms with van der Waals surface area (Å²) in [5.74, 6) is -0.586. The van der Waals surface area contributed by atoms with E-state index in [1.54, 1.807) is 6.92 Å². The van der Waals surface area contributed by atoms with Crippen LogP contribution < -0.4 is 4.72 Å². The molecule has 2 saturated carbocycles. The third-order valence-electron chi connectivity index (χ3n) is 6.24. The molecule has 3 rings (SSSR count). The summed E-state index contributed by atoms with van der Waals surface area (Å²) in [5, 5.41) is 0. The minimum absolute atomic E-state index is 0.0241. The third-order valence-corrected chi connectivity index (χ3v) is 9.69. The molecule has 10 heteroatoms. The van der Waals surface area contributed by atoms with Crippen molar-refractivity contribution in [3.63, 3.8) is 0 Å². The first-order valence-electron chi connectivity index (χ1n) is 11.5. The van der Waals surface area contributed by atoms with Crippen molar-refractivity contribution >= 4 is 26.0 Å². The Kier molecular flexibility index (Phi) is 8.71. The first kappa shape index (κ1) is 25.1. The van der Waals surface area contributed by atoms with Gasteiger partial charge in [-0.3, -0.25) is 4.79 Å². The lowest BCUT2D eigenvalue weighted by molar-refractivity contribution is -0.143. The Morgan fingerprint density at radius 2 is 1.44 bits per heavy atom. The van der Waals surface area contributed by atoms with Crippen molar-refractivity contribution in [2.45, 2.75) is 93.0 Å². The second-order valence-corrected chi connectivity index (χ2v) is 12.2. The number of sulfonamides is 2. The van der Waals surface area contributed by atoms with Crippen LogP contribution in [0, 0.1) is 0 Å². The van der Waals surface area contributed by atoms with Crippen molar-refractivity contribution in [3.8, 4) is 0 Å². The first-order valence-corrected chi connectivity index (χ1v) is 14.5. The molecule has 2 fully saturated rings. The number of hydrogen-bond donors (Lipinski definition) is 1. The van der Waals surface area contributed by atoms with Gasteiger partial charge in [0.15, 0.2) is 0 Å². The molecule has 1 N–H and O–H groups in total. The summed E-state index contributed by atoms with van der Waals surface area (Å²) in [6, 6.07) is 4.92. The summed E-state index contributed by atoms with van der Waals surface area (Å²) >= 11 is 0. The van der Waals surface area contributed by atoms with Gasteiger partial charge in [0.1, 0.15) is 6.54 Å². The molecule has 0 saturated heterocycles. The largest absolute Gasteiger partial charge is 0.465 e. The van der Waals surface area contributed by atoms with Crippen molar-refractivity contribution < 1.29 is 26.4 Å². The SMILES string of the molecule is CCOC(=O)CN(C1CCCCC1)S(=O)(=O)c1ccc(S(=O)(=O)NC2CCCCC2)cc1. The van der Waals surface area contributed by atoms with Crippen molar-refractivity contribution in [1.82, 2.24) is 9.03 Å². The molecular formula is C22H34N2O6S2. The van der Waals surface area contributed by atoms with Crippen molar-refractivity contribution in [2.24, 2.45) is 0 Å². The molecule has 0 unspecified atom stereocenters. The van der Waals surface area contributed by atoms with Crippen LogP contribution in [0.15, 0.2) is 34.1 Å². The van der Waals surface area contributed by atoms with Gasteiger partial charge in [0, 0.05) is 12.1 Å². The quantitative estimate of drug-likeness (QED) is 0.537. The predicted octanol–water partition coefficient (Wildman–Crippen LogP) is 3.18. The maximum absolute atomic E-state index is 13.4. The summed E-state index contributed by atoms with van der Waals surface area (Å²) in [6.45, 7) is 1.51. The highest BCUT2D eigenvalue weighted by atomic mass is 32.2. The molecule has 32 heavy (non-hydrogen) atoms. The number of nitrogens with one attached hydrogen (secondary N) is 1. The van der Waals surface area contributed by atoms with Gasteiger partial charge in [-0.1, -0.05) is 38.5 Å². The summed E-state index contributed by atoms with van der Waals surface area (Å²) < 4.78 is 61.2. The summed E-state index contributed by atoms with van der Waals surface area (Å²) in [5.41, 5.74) is 0. The van der Waals surface area contributed by atoms with Crippen LogP contribution in [0.1, 0.15) is 71.1 Å². The molecule has 0 aromatic heterocycles. The normalized spacial score (nSPS) is 19.2. The van der Waals surface area contributed by atoms with Gasteiger partial charge >= 0.3 is 5.97 Å². The van der Waals surface area contributed by atoms with E-state index in [-0.39, 0.29) is 35.0 Å². The number of carbonyl (C=O) groups is 1. The summed E-state index contributed by atoms with van der Waals surface area (Å²) in [6.07, 6.45) is 8.99. The van der Waals surface area contributed by atoms with E-state index in [1.165, 1.54) is 28.6 Å². The molecule has 2 aliphatic carbocycles. The minimum Gasteiger partial charge on any atom is -0.465 e. The predicted molar refractivity (Wildman–Crippen MR) is 121 cm³/mol. The van der Waals surface area contributed by atoms with Crippen LogP contribution in [-0.4, -0.2) is 52.3 Å². The summed E-state index contributed by atoms with van der Waals surface area (Å²) in [7, 11) is -7.71. The Hall–Kier alpha value is -1.49. The van der Waals surface area contributed by atoms with Gasteiger partial charge in [0.2, 0.25) is 20.0 Å². The maximum Gasteiger partial charge on any atom is 0.321 e. The van der Waals surface area contributed by atoms with E-state index in [0.717, 1.165) is 51.4 Å². The van der Waals surface area contributed by atoms with Gasteiger partial charge in [-0.15, -0.1) is 0 Å². The second kappa shape index (κ2) is 11.1. The van der Waals surface area contributed by atoms with E-state index in [9.17, 15) is 21.6 Å². The zero-order valence-corrected chi connectivity index (χ0v) is 20.3. The van der Waals surface area contributed by atoms with Crippen LogP contribution >= 0.6 is 0 Å². The first-order chi connectivity index (χ1) is 15.2. The van der Waals surface area contributed by atoms with Gasteiger partial charge in [-0.05, 0) is 56.9 Å². The van der Waals surface area contributed by atoms with Gasteiger partial charge in [-0.25, -0.2) is 21.6 Å². The number of hydrogen-bond acceptors (Lipinski definition) is 6. The fourth-order valence-electron chi connectivity index (χ4n) is 4.55. The highest BCUT2D eigenvalue weighted by Gasteiger charge is 2.34. The molecule has 1 aromatic carbocycles. The molecule has 1 aromatic rings. The molecule has 0 aliphatic heterocycles. The Morgan fingerprint density at radius 1 is 0.906 bits per heavy atom. The summed E-state index contributed by atoms with van der Waals surface area (Å²) in [4.78, 5) is 12.1. The zero-order chi connectivity index (χ0) is 23.2. The number of carbonyl (C=O) groups excluding carboxylic acids is 1. The lowest BCUT2D eigenvalue weighted by Gasteiger charge is -2.32. The monoisotopic (exact) mass is 486 g/mol. The number of nitrogens with zero attached hydrogens (tertiary/aromatic N) is 1. The molecular weight excluding hydrogens is 452 g/mol. The Morgan fingerprint density at radius 3 is 2.00 bits per heavy atom. The van der Waals surface area contributed by atoms with Crippen molar-refractivity contribution in [2.75, 3.05) is 13.2 Å². The molecule has 0 bridgehead atoms. The van der Waals surface area contributed by atoms with Gasteiger partial charge in [-0.2, -0.15) is 4.31 Å². The standard InChI is InChI=1S/C22H34N2O6S2/c1-2-30-22(25)17-24(19-11-7-4-8-12-19)32(28,29)21-15-13-20(14-16-21)31(26,27)23-18-9-5-3-6-10-18/h13-16,18-19,23H,2-12,17H2,1H3. The molecule has 180 valence electrons. The van der Waals surface area contributed by atoms with E-state index >= 15 is 0 Å². The third kappa shape index (κ3) is 6.30. The molecule has 0 amide bonds. The molecule has 0 radical (unpaired) electrons. The van der Waals surface area contributed by atoms with E-state index in [4.69, 9.17) is 4.74 Å². The smallest absolute Gasteiger partial charge is 0.321 e. The molecule has 0 heterocycles. The van der Waals surface area contributed by atoms with E-state index in [0.29, 0.717) is 12.8 Å². The highest BCUT2D eigenvalue weighted by molar-refractivity contribution is 7.89. The minimum atomic E-state index is -3.99. The zero-order valence-electron chi connectivity index (χ0n) is 18.7. The average Bonchev–Trinajstić information content (AvgIpc) is 2.78. The van der Waals surface area contributed by atoms with E-state index < -0.39 is 26.0 Å². The number of ether oxygens (including phenoxy) is 1. The fourth-order valence-corrected chi connectivity index (χ4v) is 7.48. The molecule has 8 nitrogen and oxygen atoms in total. The lowest BCUT2D eigenvalue weighted by Crippen LogP contribution is -2.44. The van der Waals surface area contributed by atoms with Crippen molar-refractivity contribution in [3.05, 3.63) is 24.3 Å². The maximum atomic E-state index is 13.4. The van der Waals surface area contributed by atoms with Crippen LogP contribution in [0.2, 0.25) is 0 Å². The van der Waals surface area contributed by atoms with E-state index in [1.807, 2.05) is 0 Å². The number of rotatable bonds is 9. The second-order valence-electron chi connectivity index (χ2n) is 8.57.